The second-order valence-electron chi connectivity index (χ2n) is 10.3. The van der Waals surface area contributed by atoms with Gasteiger partial charge in [-0.25, -0.2) is 4.98 Å². The third-order valence-corrected chi connectivity index (χ3v) is 7.71. The highest BCUT2D eigenvalue weighted by molar-refractivity contribution is 5.99. The molecule has 0 aromatic carbocycles. The summed E-state index contributed by atoms with van der Waals surface area (Å²) in [6.45, 7) is 8.88. The Labute approximate surface area is 206 Å². The minimum absolute atomic E-state index is 0.0528. The summed E-state index contributed by atoms with van der Waals surface area (Å²) in [5.74, 6) is 1.45. The molecule has 188 valence electrons. The number of fused-ring (bicyclic) bond motifs is 4. The number of rotatable bonds is 5. The Hall–Kier alpha value is -3.27. The molecule has 10 heteroatoms. The largest absolute Gasteiger partial charge is 0.385 e. The fourth-order valence-electron chi connectivity index (χ4n) is 5.67. The van der Waals surface area contributed by atoms with Crippen LogP contribution in [0, 0.1) is 0 Å². The van der Waals surface area contributed by atoms with Gasteiger partial charge in [0.05, 0.1) is 11.4 Å². The summed E-state index contributed by atoms with van der Waals surface area (Å²) in [5, 5.41) is 7.04. The van der Waals surface area contributed by atoms with Crippen LogP contribution in [-0.4, -0.2) is 69.0 Å². The quantitative estimate of drug-likeness (QED) is 0.478. The van der Waals surface area contributed by atoms with Gasteiger partial charge < -0.3 is 31.6 Å². The van der Waals surface area contributed by atoms with Gasteiger partial charge in [0.2, 0.25) is 5.95 Å². The van der Waals surface area contributed by atoms with Crippen molar-refractivity contribution in [1.29, 1.82) is 0 Å². The zero-order valence-electron chi connectivity index (χ0n) is 20.8. The van der Waals surface area contributed by atoms with Crippen molar-refractivity contribution >= 4 is 22.9 Å². The van der Waals surface area contributed by atoms with E-state index in [-0.39, 0.29) is 11.4 Å². The number of hydrogen-bond donors (Lipinski definition) is 4. The molecule has 6 N–H and O–H groups in total. The van der Waals surface area contributed by atoms with E-state index >= 15 is 0 Å². The van der Waals surface area contributed by atoms with Crippen molar-refractivity contribution in [1.82, 2.24) is 29.7 Å². The Kier molecular flexibility index (Phi) is 6.31. The number of nitrogens with one attached hydrogen (secondary N) is 2. The van der Waals surface area contributed by atoms with Crippen LogP contribution < -0.4 is 22.1 Å². The van der Waals surface area contributed by atoms with Gasteiger partial charge in [-0.3, -0.25) is 9.69 Å². The number of nitrogens with zero attached hydrogens (tertiary/aromatic N) is 5. The Morgan fingerprint density at radius 2 is 1.89 bits per heavy atom. The average molecular weight is 480 g/mol. The number of aromatic nitrogens is 3. The molecule has 0 bridgehead atoms. The van der Waals surface area contributed by atoms with Gasteiger partial charge >= 0.3 is 0 Å². The first-order chi connectivity index (χ1) is 16.9. The van der Waals surface area contributed by atoms with Crippen molar-refractivity contribution in [3.63, 3.8) is 0 Å². The van der Waals surface area contributed by atoms with Crippen LogP contribution in [0.1, 0.15) is 56.4 Å². The molecule has 3 aliphatic rings. The molecular formula is C25H37N9O. The molecule has 1 amide bonds. The first-order valence-corrected chi connectivity index (χ1v) is 12.7. The topological polar surface area (TPSA) is 130 Å². The minimum atomic E-state index is -0.118. The van der Waals surface area contributed by atoms with Crippen LogP contribution in [0.15, 0.2) is 36.1 Å². The molecule has 0 radical (unpaired) electrons. The van der Waals surface area contributed by atoms with Crippen LogP contribution >= 0.6 is 0 Å². The molecule has 10 nitrogen and oxygen atoms in total. The number of piperazine rings is 1. The second-order valence-corrected chi connectivity index (χ2v) is 10.3. The summed E-state index contributed by atoms with van der Waals surface area (Å²) in [6.07, 6.45) is 10.9. The molecule has 1 spiro atoms. The Morgan fingerprint density at radius 1 is 1.14 bits per heavy atom. The third kappa shape index (κ3) is 4.54. The summed E-state index contributed by atoms with van der Waals surface area (Å²) in [4.78, 5) is 26.5. The highest BCUT2D eigenvalue weighted by Gasteiger charge is 2.41. The lowest BCUT2D eigenvalue weighted by Gasteiger charge is -2.42. The summed E-state index contributed by atoms with van der Waals surface area (Å²) in [6, 6.07) is 2.44. The fraction of sp³-hybridized carbons (Fsp3) is 0.560. The molecule has 0 atom stereocenters. The number of anilines is 1. The van der Waals surface area contributed by atoms with Crippen LogP contribution in [0.2, 0.25) is 0 Å². The maximum atomic E-state index is 12.6. The maximum absolute atomic E-state index is 12.6. The van der Waals surface area contributed by atoms with E-state index in [1.807, 2.05) is 12.1 Å². The predicted octanol–water partition coefficient (Wildman–Crippen LogP) is 1.87. The number of allylic oxidation sites excluding steroid dienone is 2. The van der Waals surface area contributed by atoms with E-state index in [2.05, 4.69) is 43.8 Å². The molecule has 4 heterocycles. The molecule has 2 aromatic heterocycles. The highest BCUT2D eigenvalue weighted by atomic mass is 16.2. The van der Waals surface area contributed by atoms with E-state index in [4.69, 9.17) is 16.5 Å². The molecule has 1 saturated heterocycles. The number of carbonyl (C=O) groups is 1. The molecule has 0 unspecified atom stereocenters. The van der Waals surface area contributed by atoms with Gasteiger partial charge in [-0.1, -0.05) is 19.3 Å². The van der Waals surface area contributed by atoms with Gasteiger partial charge in [-0.15, -0.1) is 0 Å². The van der Waals surface area contributed by atoms with Crippen LogP contribution in [0.25, 0.3) is 11.0 Å². The number of hydrogen-bond acceptors (Lipinski definition) is 8. The monoisotopic (exact) mass is 479 g/mol. The molecule has 35 heavy (non-hydrogen) atoms. The minimum Gasteiger partial charge on any atom is -0.385 e. The predicted molar refractivity (Wildman–Crippen MR) is 137 cm³/mol. The van der Waals surface area contributed by atoms with E-state index < -0.39 is 0 Å². The average Bonchev–Trinajstić information content (AvgIpc) is 3.26. The van der Waals surface area contributed by atoms with Crippen LogP contribution in [-0.2, 0) is 5.54 Å². The van der Waals surface area contributed by atoms with Gasteiger partial charge in [0.25, 0.3) is 5.91 Å². The number of nitrogens with two attached hydrogens (primary N) is 2. The summed E-state index contributed by atoms with van der Waals surface area (Å²) in [5.41, 5.74) is 13.9. The summed E-state index contributed by atoms with van der Waals surface area (Å²) in [7, 11) is 0. The SMILES string of the molecule is CC(C)N1CCN(/C(N)=C/C=C(\N)Nc2ncc3cc4n(c3n2)C2(CCCCC2)CNC4=O)CC1. The summed E-state index contributed by atoms with van der Waals surface area (Å²) >= 11 is 0. The van der Waals surface area contributed by atoms with Gasteiger partial charge in [-0.05, 0) is 44.9 Å². The van der Waals surface area contributed by atoms with Gasteiger partial charge in [0.15, 0.2) is 0 Å². The van der Waals surface area contributed by atoms with Crippen molar-refractivity contribution in [3.8, 4) is 0 Å². The molecule has 1 aliphatic carbocycles. The van der Waals surface area contributed by atoms with E-state index in [1.165, 1.54) is 6.42 Å². The normalized spacial score (nSPS) is 21.5. The Morgan fingerprint density at radius 3 is 2.60 bits per heavy atom. The lowest BCUT2D eigenvalue weighted by atomic mass is 9.80. The van der Waals surface area contributed by atoms with E-state index in [0.717, 1.165) is 62.9 Å². The van der Waals surface area contributed by atoms with Crippen molar-refractivity contribution in [2.75, 3.05) is 38.0 Å². The molecule has 2 aliphatic heterocycles. The van der Waals surface area contributed by atoms with Crippen molar-refractivity contribution in [3.05, 3.63) is 41.8 Å². The Bertz CT molecular complexity index is 1150. The number of carbonyl (C=O) groups excluding carboxylic acids is 1. The molecular weight excluding hydrogens is 442 g/mol. The first kappa shape index (κ1) is 23.5. The van der Waals surface area contributed by atoms with Crippen molar-refractivity contribution in [2.45, 2.75) is 57.5 Å². The zero-order valence-corrected chi connectivity index (χ0v) is 20.8. The fourth-order valence-corrected chi connectivity index (χ4v) is 5.67. The van der Waals surface area contributed by atoms with Crippen molar-refractivity contribution < 1.29 is 4.79 Å². The van der Waals surface area contributed by atoms with Gasteiger partial charge in [0, 0.05) is 50.3 Å². The summed E-state index contributed by atoms with van der Waals surface area (Å²) < 4.78 is 2.15. The van der Waals surface area contributed by atoms with Crippen LogP contribution in [0.5, 0.6) is 0 Å². The third-order valence-electron chi connectivity index (χ3n) is 7.71. The highest BCUT2D eigenvalue weighted by Crippen LogP contribution is 2.40. The molecule has 1 saturated carbocycles. The van der Waals surface area contributed by atoms with Gasteiger partial charge in [0.1, 0.15) is 17.2 Å². The first-order valence-electron chi connectivity index (χ1n) is 12.7. The van der Waals surface area contributed by atoms with Crippen molar-refractivity contribution in [2.24, 2.45) is 11.5 Å². The number of amides is 1. The van der Waals surface area contributed by atoms with E-state index in [0.29, 0.717) is 35.9 Å². The lowest BCUT2D eigenvalue weighted by Crippen LogP contribution is -2.52. The smallest absolute Gasteiger partial charge is 0.268 e. The maximum Gasteiger partial charge on any atom is 0.268 e. The van der Waals surface area contributed by atoms with E-state index in [9.17, 15) is 4.79 Å². The Balaban J connectivity index is 1.34. The molecule has 5 rings (SSSR count). The molecule has 2 fully saturated rings. The standard InChI is InChI=1S/C25H37N9O/c1-17(2)32-10-12-33(13-11-32)21(27)7-6-20(26)30-24-28-15-18-14-19-23(35)29-16-25(8-4-3-5-9-25)34(19)22(18)31-24/h6-7,14-15,17H,3-5,8-13,16,26-27H2,1-2H3,(H,29,35)(H,28,30,31)/b20-6+,21-7+. The van der Waals surface area contributed by atoms with E-state index in [1.54, 1.807) is 12.3 Å². The van der Waals surface area contributed by atoms with Crippen LogP contribution in [0.4, 0.5) is 5.95 Å². The van der Waals surface area contributed by atoms with Crippen LogP contribution in [0.3, 0.4) is 0 Å². The molecule has 2 aromatic rings. The second kappa shape index (κ2) is 9.41. The lowest BCUT2D eigenvalue weighted by molar-refractivity contribution is 0.0833. The zero-order chi connectivity index (χ0) is 24.6. The van der Waals surface area contributed by atoms with Gasteiger partial charge in [-0.2, -0.15) is 4.98 Å².